The van der Waals surface area contributed by atoms with Crippen molar-refractivity contribution in [2.24, 2.45) is 11.7 Å². The number of hydrogen-bond acceptors (Lipinski definition) is 2. The van der Waals surface area contributed by atoms with Crippen LogP contribution in [0.1, 0.15) is 48.9 Å². The lowest BCUT2D eigenvalue weighted by atomic mass is 10.0. The van der Waals surface area contributed by atoms with Gasteiger partial charge in [-0.05, 0) is 42.9 Å². The molecule has 2 rings (SSSR count). The van der Waals surface area contributed by atoms with Crippen LogP contribution in [0.5, 0.6) is 0 Å². The molecule has 0 aliphatic carbocycles. The zero-order chi connectivity index (χ0) is 14.7. The summed E-state index contributed by atoms with van der Waals surface area (Å²) < 4.78 is 0. The van der Waals surface area contributed by atoms with Crippen molar-refractivity contribution in [2.45, 2.75) is 46.1 Å². The lowest BCUT2D eigenvalue weighted by Crippen LogP contribution is -2.33. The van der Waals surface area contributed by atoms with Gasteiger partial charge in [-0.15, -0.1) is 0 Å². The first-order valence-electron chi connectivity index (χ1n) is 7.61. The topological polar surface area (TPSA) is 46.3 Å². The van der Waals surface area contributed by atoms with Gasteiger partial charge in [-0.2, -0.15) is 0 Å². The molecular formula is C17H26N2O. The van der Waals surface area contributed by atoms with Gasteiger partial charge in [0.1, 0.15) is 0 Å². The molecule has 0 aromatic heterocycles. The molecule has 2 unspecified atom stereocenters. The van der Waals surface area contributed by atoms with Gasteiger partial charge in [0, 0.05) is 25.6 Å². The third-order valence-electron chi connectivity index (χ3n) is 4.37. The molecular weight excluding hydrogens is 248 g/mol. The molecule has 0 bridgehead atoms. The van der Waals surface area contributed by atoms with E-state index >= 15 is 0 Å². The van der Waals surface area contributed by atoms with Crippen molar-refractivity contribution >= 4 is 5.91 Å². The monoisotopic (exact) mass is 274 g/mol. The van der Waals surface area contributed by atoms with Crippen molar-refractivity contribution in [1.82, 2.24) is 4.90 Å². The van der Waals surface area contributed by atoms with Crippen LogP contribution >= 0.6 is 0 Å². The van der Waals surface area contributed by atoms with E-state index in [2.05, 4.69) is 39.0 Å². The highest BCUT2D eigenvalue weighted by molar-refractivity contribution is 5.78. The molecule has 1 aliphatic heterocycles. The smallest absolute Gasteiger partial charge is 0.222 e. The zero-order valence-corrected chi connectivity index (χ0v) is 12.9. The van der Waals surface area contributed by atoms with E-state index in [1.165, 1.54) is 11.1 Å². The number of rotatable bonds is 5. The van der Waals surface area contributed by atoms with Gasteiger partial charge in [0.2, 0.25) is 5.91 Å². The lowest BCUT2D eigenvalue weighted by molar-refractivity contribution is -0.127. The lowest BCUT2D eigenvalue weighted by Gasteiger charge is -2.22. The SMILES string of the molecule is CCCC1CC(=O)N(CC(N)c2ccc(C)c(C)c2)C1. The third-order valence-corrected chi connectivity index (χ3v) is 4.37. The molecule has 3 nitrogen and oxygen atoms in total. The van der Waals surface area contributed by atoms with Crippen molar-refractivity contribution in [2.75, 3.05) is 13.1 Å². The Morgan fingerprint density at radius 1 is 1.35 bits per heavy atom. The second-order valence-corrected chi connectivity index (χ2v) is 6.11. The quantitative estimate of drug-likeness (QED) is 0.897. The minimum absolute atomic E-state index is 0.0846. The summed E-state index contributed by atoms with van der Waals surface area (Å²) >= 11 is 0. The predicted molar refractivity (Wildman–Crippen MR) is 82.4 cm³/mol. The molecule has 0 saturated carbocycles. The highest BCUT2D eigenvalue weighted by Crippen LogP contribution is 2.24. The van der Waals surface area contributed by atoms with E-state index in [0.29, 0.717) is 18.9 Å². The molecule has 2 atom stereocenters. The number of nitrogens with zero attached hydrogens (tertiary/aromatic N) is 1. The van der Waals surface area contributed by atoms with Crippen molar-refractivity contribution in [3.8, 4) is 0 Å². The molecule has 1 aromatic rings. The number of carbonyl (C=O) groups is 1. The predicted octanol–water partition coefficient (Wildman–Crippen LogP) is 2.95. The molecule has 0 spiro atoms. The van der Waals surface area contributed by atoms with Crippen molar-refractivity contribution in [3.63, 3.8) is 0 Å². The fourth-order valence-corrected chi connectivity index (χ4v) is 2.97. The van der Waals surface area contributed by atoms with Crippen LogP contribution in [-0.4, -0.2) is 23.9 Å². The number of benzene rings is 1. The Morgan fingerprint density at radius 2 is 2.10 bits per heavy atom. The number of amides is 1. The second kappa shape index (κ2) is 6.40. The van der Waals surface area contributed by atoms with E-state index in [4.69, 9.17) is 5.73 Å². The summed E-state index contributed by atoms with van der Waals surface area (Å²) in [6.45, 7) is 7.90. The van der Waals surface area contributed by atoms with Crippen LogP contribution in [0.25, 0.3) is 0 Å². The van der Waals surface area contributed by atoms with E-state index in [1.54, 1.807) is 0 Å². The van der Waals surface area contributed by atoms with Gasteiger partial charge in [0.15, 0.2) is 0 Å². The molecule has 1 amide bonds. The van der Waals surface area contributed by atoms with Crippen LogP contribution in [0.15, 0.2) is 18.2 Å². The third kappa shape index (κ3) is 3.40. The fourth-order valence-electron chi connectivity index (χ4n) is 2.97. The summed E-state index contributed by atoms with van der Waals surface area (Å²) in [6.07, 6.45) is 2.99. The Morgan fingerprint density at radius 3 is 2.75 bits per heavy atom. The van der Waals surface area contributed by atoms with Crippen molar-refractivity contribution in [3.05, 3.63) is 34.9 Å². The second-order valence-electron chi connectivity index (χ2n) is 6.11. The largest absolute Gasteiger partial charge is 0.340 e. The summed E-state index contributed by atoms with van der Waals surface area (Å²) in [6, 6.07) is 6.25. The Bertz CT molecular complexity index is 484. The molecule has 1 fully saturated rings. The Labute approximate surface area is 122 Å². The summed E-state index contributed by atoms with van der Waals surface area (Å²) in [7, 11) is 0. The maximum absolute atomic E-state index is 12.0. The molecule has 1 heterocycles. The number of carbonyl (C=O) groups excluding carboxylic acids is 1. The molecule has 3 heteroatoms. The van der Waals surface area contributed by atoms with Crippen molar-refractivity contribution < 1.29 is 4.79 Å². The first-order valence-corrected chi connectivity index (χ1v) is 7.61. The number of likely N-dealkylation sites (tertiary alicyclic amines) is 1. The van der Waals surface area contributed by atoms with Gasteiger partial charge in [-0.3, -0.25) is 4.79 Å². The normalized spacial score (nSPS) is 20.5. The summed E-state index contributed by atoms with van der Waals surface area (Å²) in [5, 5.41) is 0. The number of hydrogen-bond donors (Lipinski definition) is 1. The summed E-state index contributed by atoms with van der Waals surface area (Å²) in [4.78, 5) is 14.0. The molecule has 0 radical (unpaired) electrons. The minimum Gasteiger partial charge on any atom is -0.340 e. The van der Waals surface area contributed by atoms with Crippen LogP contribution in [-0.2, 0) is 4.79 Å². The molecule has 110 valence electrons. The molecule has 1 aromatic carbocycles. The summed E-state index contributed by atoms with van der Waals surface area (Å²) in [5.74, 6) is 0.794. The average Bonchev–Trinajstić information content (AvgIpc) is 2.73. The van der Waals surface area contributed by atoms with Gasteiger partial charge in [0.05, 0.1) is 0 Å². The van der Waals surface area contributed by atoms with E-state index in [1.807, 2.05) is 4.90 Å². The molecule has 2 N–H and O–H groups in total. The van der Waals surface area contributed by atoms with Gasteiger partial charge in [0.25, 0.3) is 0 Å². The zero-order valence-electron chi connectivity index (χ0n) is 12.9. The van der Waals surface area contributed by atoms with Crippen LogP contribution in [0.4, 0.5) is 0 Å². The van der Waals surface area contributed by atoms with Crippen molar-refractivity contribution in [1.29, 1.82) is 0 Å². The Kier molecular flexibility index (Phi) is 4.81. The van der Waals surface area contributed by atoms with Gasteiger partial charge < -0.3 is 10.6 Å². The average molecular weight is 274 g/mol. The van der Waals surface area contributed by atoms with E-state index < -0.39 is 0 Å². The highest BCUT2D eigenvalue weighted by atomic mass is 16.2. The fraction of sp³-hybridized carbons (Fsp3) is 0.588. The Hall–Kier alpha value is -1.35. The van der Waals surface area contributed by atoms with E-state index in [9.17, 15) is 4.79 Å². The van der Waals surface area contributed by atoms with Gasteiger partial charge in [-0.1, -0.05) is 31.5 Å². The number of aryl methyl sites for hydroxylation is 2. The standard InChI is InChI=1S/C17H26N2O/c1-4-5-14-9-17(20)19(10-14)11-16(18)15-7-6-12(2)13(3)8-15/h6-8,14,16H,4-5,9-11,18H2,1-3H3. The maximum atomic E-state index is 12.0. The first-order chi connectivity index (χ1) is 9.51. The van der Waals surface area contributed by atoms with Crippen LogP contribution in [0.3, 0.4) is 0 Å². The van der Waals surface area contributed by atoms with E-state index in [-0.39, 0.29) is 11.9 Å². The minimum atomic E-state index is -0.0846. The number of nitrogens with two attached hydrogens (primary N) is 1. The maximum Gasteiger partial charge on any atom is 0.222 e. The first kappa shape index (κ1) is 15.0. The molecule has 1 aliphatic rings. The van der Waals surface area contributed by atoms with Crippen LogP contribution in [0, 0.1) is 19.8 Å². The highest BCUT2D eigenvalue weighted by Gasteiger charge is 2.29. The van der Waals surface area contributed by atoms with E-state index in [0.717, 1.165) is 24.9 Å². The van der Waals surface area contributed by atoms with Crippen LogP contribution < -0.4 is 5.73 Å². The van der Waals surface area contributed by atoms with Gasteiger partial charge in [-0.25, -0.2) is 0 Å². The van der Waals surface area contributed by atoms with Gasteiger partial charge >= 0.3 is 0 Å². The van der Waals surface area contributed by atoms with Crippen LogP contribution in [0.2, 0.25) is 0 Å². The molecule has 20 heavy (non-hydrogen) atoms. The Balaban J connectivity index is 1.99. The summed E-state index contributed by atoms with van der Waals surface area (Å²) in [5.41, 5.74) is 9.94. The molecule has 1 saturated heterocycles.